The average Bonchev–Trinajstić information content (AvgIpc) is 3.15. The molecule has 0 amide bonds. The highest BCUT2D eigenvalue weighted by Crippen LogP contribution is 2.50. The van der Waals surface area contributed by atoms with Gasteiger partial charge in [0.1, 0.15) is 6.10 Å². The summed E-state index contributed by atoms with van der Waals surface area (Å²) in [4.78, 5) is 26.1. The van der Waals surface area contributed by atoms with Gasteiger partial charge in [0.15, 0.2) is 17.2 Å². The molecule has 0 N–H and O–H groups in total. The molecule has 4 rings (SSSR count). The Morgan fingerprint density at radius 1 is 0.917 bits per heavy atom. The van der Waals surface area contributed by atoms with E-state index in [1.54, 1.807) is 44.6 Å². The minimum atomic E-state index is -0.703. The fraction of sp³-hybridized carbons (Fsp3) is 0.286. The largest absolute Gasteiger partial charge is 0.493 e. The van der Waals surface area contributed by atoms with Crippen LogP contribution in [0.3, 0.4) is 0 Å². The number of carbonyl (C=O) groups is 1. The Bertz CT molecular complexity index is 1350. The molecule has 0 bridgehead atoms. The van der Waals surface area contributed by atoms with E-state index >= 15 is 0 Å². The van der Waals surface area contributed by atoms with Gasteiger partial charge in [0.05, 0.1) is 34.0 Å². The maximum Gasteiger partial charge on any atom is 0.338 e. The number of alkyl halides is 1. The van der Waals surface area contributed by atoms with E-state index in [0.29, 0.717) is 46.8 Å². The van der Waals surface area contributed by atoms with Crippen molar-refractivity contribution in [2.24, 2.45) is 0 Å². The number of halogens is 1. The van der Waals surface area contributed by atoms with Crippen LogP contribution in [0.5, 0.6) is 23.0 Å². The summed E-state index contributed by atoms with van der Waals surface area (Å²) >= 11 is 5.94. The van der Waals surface area contributed by atoms with Crippen molar-refractivity contribution < 1.29 is 28.5 Å². The monoisotopic (exact) mass is 510 g/mol. The molecule has 0 unspecified atom stereocenters. The Kier molecular flexibility index (Phi) is 7.70. The Morgan fingerprint density at radius 2 is 1.67 bits per heavy atom. The molecule has 0 fully saturated rings. The van der Waals surface area contributed by atoms with Crippen molar-refractivity contribution in [2.75, 3.05) is 28.4 Å². The van der Waals surface area contributed by atoms with Crippen LogP contribution in [-0.4, -0.2) is 34.4 Å². The molecule has 0 aromatic heterocycles. The van der Waals surface area contributed by atoms with E-state index in [4.69, 9.17) is 35.3 Å². The second kappa shape index (κ2) is 10.9. The summed E-state index contributed by atoms with van der Waals surface area (Å²) in [5.41, 5.74) is 3.74. The first kappa shape index (κ1) is 25.4. The third-order valence-corrected chi connectivity index (χ3v) is 6.54. The number of methoxy groups -OCH3 is 4. The normalized spacial score (nSPS) is 14.1. The summed E-state index contributed by atoms with van der Waals surface area (Å²) in [5, 5.41) is 0. The minimum absolute atomic E-state index is 0.170. The predicted octanol–water partition coefficient (Wildman–Crippen LogP) is 5.33. The molecule has 0 aliphatic heterocycles. The summed E-state index contributed by atoms with van der Waals surface area (Å²) in [6, 6.07) is 13.7. The van der Waals surface area contributed by atoms with E-state index in [1.165, 1.54) is 20.3 Å². The van der Waals surface area contributed by atoms with Gasteiger partial charge in [0.2, 0.25) is 11.2 Å². The standard InChI is InChI=1S/C28H27ClO7/c1-32-23-11-9-19-20(14-21(23)30)22(36-28(31)18-7-5-6-16(12-18)15-29)10-8-17-13-24(33-2)26(34-3)27(35-4)25(17)19/h5-7,9,11-14,22H,8,10,15H2,1-4H3/t22-/m1/s1. The van der Waals surface area contributed by atoms with Crippen molar-refractivity contribution >= 4 is 17.6 Å². The van der Waals surface area contributed by atoms with Gasteiger partial charge in [0, 0.05) is 17.0 Å². The van der Waals surface area contributed by atoms with E-state index in [0.717, 1.165) is 16.7 Å². The highest BCUT2D eigenvalue weighted by Gasteiger charge is 2.31. The number of carbonyl (C=O) groups excluding carboxylic acids is 1. The molecule has 7 nitrogen and oxygen atoms in total. The molecule has 0 heterocycles. The Hall–Kier alpha value is -3.71. The smallest absolute Gasteiger partial charge is 0.338 e. The minimum Gasteiger partial charge on any atom is -0.493 e. The zero-order valence-electron chi connectivity index (χ0n) is 20.6. The number of benzene rings is 2. The van der Waals surface area contributed by atoms with Crippen LogP contribution in [0.15, 0.2) is 53.3 Å². The zero-order valence-corrected chi connectivity index (χ0v) is 21.3. The van der Waals surface area contributed by atoms with E-state index < -0.39 is 12.1 Å². The number of rotatable bonds is 7. The van der Waals surface area contributed by atoms with Gasteiger partial charge in [-0.1, -0.05) is 12.1 Å². The number of esters is 1. The molecular formula is C28H27ClO7. The topological polar surface area (TPSA) is 80.3 Å². The first-order chi connectivity index (χ1) is 17.4. The summed E-state index contributed by atoms with van der Waals surface area (Å²) in [6.45, 7) is 0. The van der Waals surface area contributed by atoms with Gasteiger partial charge < -0.3 is 23.7 Å². The van der Waals surface area contributed by atoms with Crippen LogP contribution in [0.2, 0.25) is 0 Å². The first-order valence-electron chi connectivity index (χ1n) is 11.4. The van der Waals surface area contributed by atoms with Crippen molar-refractivity contribution in [1.82, 2.24) is 0 Å². The molecule has 0 saturated heterocycles. The number of aryl methyl sites for hydroxylation is 1. The summed E-state index contributed by atoms with van der Waals surface area (Å²) in [5.74, 6) is 1.36. The van der Waals surface area contributed by atoms with E-state index in [2.05, 4.69) is 0 Å². The van der Waals surface area contributed by atoms with Crippen molar-refractivity contribution in [2.45, 2.75) is 24.8 Å². The molecule has 1 atom stereocenters. The lowest BCUT2D eigenvalue weighted by molar-refractivity contribution is 0.0280. The molecule has 3 aromatic rings. The third-order valence-electron chi connectivity index (χ3n) is 6.23. The van der Waals surface area contributed by atoms with E-state index in [9.17, 15) is 9.59 Å². The van der Waals surface area contributed by atoms with Crippen LogP contribution >= 0.6 is 11.6 Å². The van der Waals surface area contributed by atoms with Crippen LogP contribution in [-0.2, 0) is 17.0 Å². The van der Waals surface area contributed by atoms with Crippen molar-refractivity contribution in [3.8, 4) is 34.1 Å². The molecule has 1 aliphatic carbocycles. The molecule has 0 spiro atoms. The van der Waals surface area contributed by atoms with Gasteiger partial charge in [-0.15, -0.1) is 11.6 Å². The fourth-order valence-corrected chi connectivity index (χ4v) is 4.70. The Morgan fingerprint density at radius 3 is 2.33 bits per heavy atom. The number of hydrogen-bond donors (Lipinski definition) is 0. The van der Waals surface area contributed by atoms with Gasteiger partial charge >= 0.3 is 5.97 Å². The Labute approximate surface area is 214 Å². The number of fused-ring (bicyclic) bond motifs is 3. The zero-order chi connectivity index (χ0) is 25.8. The second-order valence-corrected chi connectivity index (χ2v) is 8.49. The van der Waals surface area contributed by atoms with Gasteiger partial charge in [-0.2, -0.15) is 0 Å². The molecule has 8 heteroatoms. The quantitative estimate of drug-likeness (QED) is 0.314. The summed E-state index contributed by atoms with van der Waals surface area (Å²) < 4.78 is 28.2. The molecular weight excluding hydrogens is 484 g/mol. The van der Waals surface area contributed by atoms with E-state index in [1.807, 2.05) is 12.1 Å². The molecule has 0 radical (unpaired) electrons. The highest BCUT2D eigenvalue weighted by molar-refractivity contribution is 6.17. The maximum atomic E-state index is 13.2. The van der Waals surface area contributed by atoms with Gasteiger partial charge in [-0.25, -0.2) is 4.79 Å². The lowest BCUT2D eigenvalue weighted by Crippen LogP contribution is -2.13. The third kappa shape index (κ3) is 4.71. The van der Waals surface area contributed by atoms with Crippen LogP contribution in [0.4, 0.5) is 0 Å². The SMILES string of the molecule is COc1cc2c(c(OC)c1OC)-c1ccc(OC)c(=O)cc1[C@H](OC(=O)c1cccc(CCl)c1)CC2. The molecule has 3 aromatic carbocycles. The van der Waals surface area contributed by atoms with Gasteiger partial charge in [-0.05, 0) is 65.9 Å². The molecule has 0 saturated carbocycles. The van der Waals surface area contributed by atoms with Crippen molar-refractivity contribution in [3.05, 3.63) is 81.0 Å². The van der Waals surface area contributed by atoms with Crippen LogP contribution in [0, 0.1) is 0 Å². The first-order valence-corrected chi connectivity index (χ1v) is 11.9. The van der Waals surface area contributed by atoms with Crippen molar-refractivity contribution in [3.63, 3.8) is 0 Å². The Balaban J connectivity index is 1.91. The van der Waals surface area contributed by atoms with E-state index in [-0.39, 0.29) is 17.1 Å². The molecule has 36 heavy (non-hydrogen) atoms. The number of hydrogen-bond acceptors (Lipinski definition) is 7. The maximum absolute atomic E-state index is 13.2. The van der Waals surface area contributed by atoms with Gasteiger partial charge in [-0.3, -0.25) is 4.79 Å². The van der Waals surface area contributed by atoms with Crippen LogP contribution < -0.4 is 24.4 Å². The van der Waals surface area contributed by atoms with Gasteiger partial charge in [0.25, 0.3) is 0 Å². The molecule has 188 valence electrons. The van der Waals surface area contributed by atoms with Crippen molar-refractivity contribution in [1.29, 1.82) is 0 Å². The lowest BCUT2D eigenvalue weighted by atomic mass is 9.96. The fourth-order valence-electron chi connectivity index (χ4n) is 4.53. The predicted molar refractivity (Wildman–Crippen MR) is 137 cm³/mol. The summed E-state index contributed by atoms with van der Waals surface area (Å²) in [6.07, 6.45) is 0.270. The summed E-state index contributed by atoms with van der Waals surface area (Å²) in [7, 11) is 6.08. The number of ether oxygens (including phenoxy) is 5. The van der Waals surface area contributed by atoms with Crippen LogP contribution in [0.1, 0.15) is 39.6 Å². The highest BCUT2D eigenvalue weighted by atomic mass is 35.5. The lowest BCUT2D eigenvalue weighted by Gasteiger charge is -2.19. The second-order valence-electron chi connectivity index (χ2n) is 8.23. The van der Waals surface area contributed by atoms with Crippen LogP contribution in [0.25, 0.3) is 11.1 Å². The average molecular weight is 511 g/mol. The molecule has 1 aliphatic rings.